The number of aryl methyl sites for hydroxylation is 1. The Hall–Kier alpha value is -1.30. The zero-order chi connectivity index (χ0) is 8.27. The molecule has 0 saturated heterocycles. The van der Waals surface area contributed by atoms with E-state index in [1.807, 2.05) is 24.3 Å². The average molecular weight is 160 g/mol. The molecule has 0 nitrogen and oxygen atoms in total. The first-order valence-electron chi connectivity index (χ1n) is 3.64. The molecule has 0 aliphatic rings. The minimum absolute atomic E-state index is 0. The van der Waals surface area contributed by atoms with Crippen LogP contribution in [0.15, 0.2) is 31.4 Å². The van der Waals surface area contributed by atoms with E-state index in [0.717, 1.165) is 5.56 Å². The molecule has 64 valence electrons. The molecule has 12 heavy (non-hydrogen) atoms. The first-order valence-corrected chi connectivity index (χ1v) is 3.64. The first kappa shape index (κ1) is 10.7. The van der Waals surface area contributed by atoms with Gasteiger partial charge in [-0.2, -0.15) is 0 Å². The van der Waals surface area contributed by atoms with E-state index in [1.165, 1.54) is 11.1 Å². The fourth-order valence-corrected chi connectivity index (χ4v) is 1.16. The van der Waals surface area contributed by atoms with Gasteiger partial charge in [0.1, 0.15) is 0 Å². The van der Waals surface area contributed by atoms with Crippen molar-refractivity contribution in [2.24, 2.45) is 0 Å². The minimum Gasteiger partial charge on any atom is -0.0984 e. The Kier molecular flexibility index (Phi) is 4.06. The topological polar surface area (TPSA) is 0 Å². The van der Waals surface area contributed by atoms with E-state index in [4.69, 9.17) is 0 Å². The lowest BCUT2D eigenvalue weighted by Gasteiger charge is -2.03. The predicted octanol–water partition coefficient (Wildman–Crippen LogP) is 3.92. The summed E-state index contributed by atoms with van der Waals surface area (Å²) in [5.41, 5.74) is 3.58. The molecule has 1 rings (SSSR count). The molecule has 0 N–H and O–H groups in total. The van der Waals surface area contributed by atoms with Gasteiger partial charge >= 0.3 is 0 Å². The third-order valence-electron chi connectivity index (χ3n) is 1.78. The van der Waals surface area contributed by atoms with Crippen molar-refractivity contribution in [2.45, 2.75) is 14.4 Å². The summed E-state index contributed by atoms with van der Waals surface area (Å²) in [5.74, 6) is 0. The Morgan fingerprint density at radius 1 is 1.17 bits per heavy atom. The van der Waals surface area contributed by atoms with Gasteiger partial charge in [-0.15, -0.1) is 0 Å². The van der Waals surface area contributed by atoms with Gasteiger partial charge in [-0.3, -0.25) is 0 Å². The summed E-state index contributed by atoms with van der Waals surface area (Å²) in [7, 11) is 0. The SMILES string of the molecule is C.C=Cc1cccc(C)c1C=C. The van der Waals surface area contributed by atoms with Gasteiger partial charge in [0, 0.05) is 0 Å². The van der Waals surface area contributed by atoms with E-state index in [9.17, 15) is 0 Å². The summed E-state index contributed by atoms with van der Waals surface area (Å²) in [6, 6.07) is 6.14. The monoisotopic (exact) mass is 160 g/mol. The molecule has 0 aliphatic heterocycles. The normalized spacial score (nSPS) is 8.42. The molecular formula is C12H16. The van der Waals surface area contributed by atoms with E-state index in [-0.39, 0.29) is 7.43 Å². The summed E-state index contributed by atoms with van der Waals surface area (Å²) >= 11 is 0. The molecule has 0 unspecified atom stereocenters. The zero-order valence-electron chi connectivity index (χ0n) is 6.80. The fraction of sp³-hybridized carbons (Fsp3) is 0.167. The highest BCUT2D eigenvalue weighted by Gasteiger charge is 1.96. The van der Waals surface area contributed by atoms with E-state index < -0.39 is 0 Å². The lowest BCUT2D eigenvalue weighted by atomic mass is 10.0. The van der Waals surface area contributed by atoms with E-state index in [1.54, 1.807) is 0 Å². The number of rotatable bonds is 2. The molecule has 0 heterocycles. The molecule has 0 spiro atoms. The van der Waals surface area contributed by atoms with Crippen molar-refractivity contribution in [3.05, 3.63) is 48.0 Å². The van der Waals surface area contributed by atoms with E-state index >= 15 is 0 Å². The van der Waals surface area contributed by atoms with Gasteiger partial charge in [-0.25, -0.2) is 0 Å². The van der Waals surface area contributed by atoms with Gasteiger partial charge in [0.2, 0.25) is 0 Å². The molecule has 0 heteroatoms. The van der Waals surface area contributed by atoms with Crippen LogP contribution in [0.4, 0.5) is 0 Å². The maximum Gasteiger partial charge on any atom is -0.0161 e. The molecule has 0 fully saturated rings. The molecule has 0 aliphatic carbocycles. The Morgan fingerprint density at radius 3 is 2.25 bits per heavy atom. The number of hydrogen-bond donors (Lipinski definition) is 0. The van der Waals surface area contributed by atoms with E-state index in [0.29, 0.717) is 0 Å². The predicted molar refractivity (Wildman–Crippen MR) is 58.1 cm³/mol. The molecule has 1 aromatic rings. The second-order valence-corrected chi connectivity index (χ2v) is 2.49. The van der Waals surface area contributed by atoms with Gasteiger partial charge in [0.25, 0.3) is 0 Å². The third kappa shape index (κ3) is 1.85. The fourth-order valence-electron chi connectivity index (χ4n) is 1.16. The molecule has 0 saturated carbocycles. The van der Waals surface area contributed by atoms with Gasteiger partial charge in [-0.1, -0.05) is 50.9 Å². The van der Waals surface area contributed by atoms with Crippen LogP contribution in [0.1, 0.15) is 24.1 Å². The number of hydrogen-bond acceptors (Lipinski definition) is 0. The Morgan fingerprint density at radius 2 is 1.83 bits per heavy atom. The van der Waals surface area contributed by atoms with E-state index in [2.05, 4.69) is 26.1 Å². The number of benzene rings is 1. The molecular weight excluding hydrogens is 144 g/mol. The maximum atomic E-state index is 3.75. The van der Waals surface area contributed by atoms with Crippen LogP contribution in [0.3, 0.4) is 0 Å². The Labute approximate surface area is 75.2 Å². The van der Waals surface area contributed by atoms with Crippen LogP contribution in [0.5, 0.6) is 0 Å². The third-order valence-corrected chi connectivity index (χ3v) is 1.78. The summed E-state index contributed by atoms with van der Waals surface area (Å²) in [6.45, 7) is 9.56. The highest BCUT2D eigenvalue weighted by atomic mass is 14.0. The summed E-state index contributed by atoms with van der Waals surface area (Å²) in [5, 5.41) is 0. The van der Waals surface area contributed by atoms with Crippen LogP contribution in [-0.2, 0) is 0 Å². The van der Waals surface area contributed by atoms with Crippen LogP contribution >= 0.6 is 0 Å². The van der Waals surface area contributed by atoms with Gasteiger partial charge in [0.05, 0.1) is 0 Å². The lowest BCUT2D eigenvalue weighted by molar-refractivity contribution is 1.43. The van der Waals surface area contributed by atoms with Crippen molar-refractivity contribution in [2.75, 3.05) is 0 Å². The highest BCUT2D eigenvalue weighted by Crippen LogP contribution is 2.15. The smallest absolute Gasteiger partial charge is 0.0161 e. The van der Waals surface area contributed by atoms with Crippen molar-refractivity contribution in [3.63, 3.8) is 0 Å². The van der Waals surface area contributed by atoms with Crippen molar-refractivity contribution >= 4 is 12.2 Å². The zero-order valence-corrected chi connectivity index (χ0v) is 6.80. The first-order chi connectivity index (χ1) is 5.29. The second-order valence-electron chi connectivity index (χ2n) is 2.49. The largest absolute Gasteiger partial charge is 0.0984 e. The average Bonchev–Trinajstić information content (AvgIpc) is 2.04. The Bertz CT molecular complexity index is 282. The summed E-state index contributed by atoms with van der Waals surface area (Å²) in [6.07, 6.45) is 3.72. The molecule has 1 aromatic carbocycles. The molecule has 0 radical (unpaired) electrons. The minimum atomic E-state index is 0. The van der Waals surface area contributed by atoms with Gasteiger partial charge in [0.15, 0.2) is 0 Å². The van der Waals surface area contributed by atoms with Crippen LogP contribution in [0.2, 0.25) is 0 Å². The standard InChI is InChI=1S/C11H12.CH4/c1-4-10-8-6-7-9(3)11(10)5-2;/h4-8H,1-2H2,3H3;1H4. The van der Waals surface area contributed by atoms with Crippen molar-refractivity contribution in [3.8, 4) is 0 Å². The summed E-state index contributed by atoms with van der Waals surface area (Å²) in [4.78, 5) is 0. The van der Waals surface area contributed by atoms with Crippen molar-refractivity contribution in [1.82, 2.24) is 0 Å². The van der Waals surface area contributed by atoms with Crippen LogP contribution in [0, 0.1) is 6.92 Å². The molecule has 0 atom stereocenters. The summed E-state index contributed by atoms with van der Waals surface area (Å²) < 4.78 is 0. The quantitative estimate of drug-likeness (QED) is 0.615. The van der Waals surface area contributed by atoms with Crippen molar-refractivity contribution < 1.29 is 0 Å². The van der Waals surface area contributed by atoms with Crippen LogP contribution < -0.4 is 0 Å². The maximum absolute atomic E-state index is 3.75. The van der Waals surface area contributed by atoms with Crippen LogP contribution in [0.25, 0.3) is 12.2 Å². The highest BCUT2D eigenvalue weighted by molar-refractivity contribution is 5.65. The Balaban J connectivity index is 0.00000121. The van der Waals surface area contributed by atoms with Gasteiger partial charge in [-0.05, 0) is 23.6 Å². The molecule has 0 amide bonds. The van der Waals surface area contributed by atoms with Crippen LogP contribution in [-0.4, -0.2) is 0 Å². The van der Waals surface area contributed by atoms with Gasteiger partial charge < -0.3 is 0 Å². The lowest BCUT2D eigenvalue weighted by Crippen LogP contribution is -1.83. The molecule has 0 bridgehead atoms. The van der Waals surface area contributed by atoms with Crippen molar-refractivity contribution in [1.29, 1.82) is 0 Å². The molecule has 0 aromatic heterocycles. The second kappa shape index (κ2) is 4.55.